The van der Waals surface area contributed by atoms with E-state index in [1.54, 1.807) is 18.0 Å². The molecule has 3 rings (SSSR count). The van der Waals surface area contributed by atoms with Gasteiger partial charge in [-0.2, -0.15) is 0 Å². The molecule has 5 nitrogen and oxygen atoms in total. The van der Waals surface area contributed by atoms with Crippen molar-refractivity contribution in [3.63, 3.8) is 0 Å². The Kier molecular flexibility index (Phi) is 7.14. The van der Waals surface area contributed by atoms with Crippen molar-refractivity contribution in [2.24, 2.45) is 0 Å². The zero-order valence-electron chi connectivity index (χ0n) is 16.2. The van der Waals surface area contributed by atoms with Crippen molar-refractivity contribution in [2.75, 3.05) is 18.0 Å². The van der Waals surface area contributed by atoms with Gasteiger partial charge in [0.15, 0.2) is 5.76 Å². The van der Waals surface area contributed by atoms with Crippen LogP contribution in [0.25, 0.3) is 0 Å². The summed E-state index contributed by atoms with van der Waals surface area (Å²) in [6, 6.07) is 15.9. The van der Waals surface area contributed by atoms with Crippen molar-refractivity contribution in [1.82, 2.24) is 10.3 Å². The summed E-state index contributed by atoms with van der Waals surface area (Å²) in [4.78, 5) is 20.4. The van der Waals surface area contributed by atoms with Gasteiger partial charge < -0.3 is 14.6 Å². The third-order valence-corrected chi connectivity index (χ3v) is 5.50. The molecule has 0 aliphatic carbocycles. The second-order valence-corrected chi connectivity index (χ2v) is 7.31. The van der Waals surface area contributed by atoms with Gasteiger partial charge in [0.2, 0.25) is 0 Å². The monoisotopic (exact) mass is 395 g/mol. The first-order valence-electron chi connectivity index (χ1n) is 9.43. The van der Waals surface area contributed by atoms with E-state index in [0.717, 1.165) is 34.9 Å². The van der Waals surface area contributed by atoms with Gasteiger partial charge >= 0.3 is 0 Å². The zero-order chi connectivity index (χ0) is 19.8. The van der Waals surface area contributed by atoms with Crippen molar-refractivity contribution >= 4 is 23.5 Å². The molecule has 2 aromatic heterocycles. The predicted octanol–water partition coefficient (Wildman–Crippen LogP) is 4.74. The Hall–Kier alpha value is -2.73. The number of aromatic nitrogens is 1. The fourth-order valence-electron chi connectivity index (χ4n) is 2.84. The van der Waals surface area contributed by atoms with Crippen LogP contribution in [0, 0.1) is 0 Å². The maximum Gasteiger partial charge on any atom is 0.287 e. The lowest BCUT2D eigenvalue weighted by Crippen LogP contribution is -2.24. The summed E-state index contributed by atoms with van der Waals surface area (Å²) in [6.45, 7) is 6.46. The highest BCUT2D eigenvalue weighted by atomic mass is 32.2. The van der Waals surface area contributed by atoms with Gasteiger partial charge in [-0.05, 0) is 43.7 Å². The second-order valence-electron chi connectivity index (χ2n) is 6.26. The van der Waals surface area contributed by atoms with E-state index in [1.807, 2.05) is 42.6 Å². The summed E-state index contributed by atoms with van der Waals surface area (Å²) in [5.74, 6) is 1.80. The molecular formula is C22H25N3O2S. The maximum absolute atomic E-state index is 12.5. The molecule has 0 bridgehead atoms. The molecule has 0 saturated carbocycles. The fraction of sp³-hybridized carbons (Fsp3) is 0.273. The molecule has 3 aromatic rings. The second kappa shape index (κ2) is 9.99. The first kappa shape index (κ1) is 20.0. The number of nitrogens with one attached hydrogen (secondary N) is 1. The van der Waals surface area contributed by atoms with Crippen molar-refractivity contribution < 1.29 is 9.21 Å². The van der Waals surface area contributed by atoms with Gasteiger partial charge in [0.05, 0.1) is 6.26 Å². The highest BCUT2D eigenvalue weighted by Gasteiger charge is 2.15. The van der Waals surface area contributed by atoms with E-state index in [1.165, 1.54) is 0 Å². The molecule has 146 valence electrons. The van der Waals surface area contributed by atoms with Crippen molar-refractivity contribution in [2.45, 2.75) is 31.0 Å². The smallest absolute Gasteiger partial charge is 0.287 e. The van der Waals surface area contributed by atoms with Gasteiger partial charge in [-0.15, -0.1) is 11.8 Å². The van der Waals surface area contributed by atoms with Gasteiger partial charge in [0, 0.05) is 42.0 Å². The van der Waals surface area contributed by atoms with Crippen LogP contribution in [0.15, 0.2) is 70.3 Å². The molecule has 1 N–H and O–H groups in total. The molecule has 0 atom stereocenters. The summed E-state index contributed by atoms with van der Waals surface area (Å²) in [5.41, 5.74) is 1.84. The molecule has 1 aromatic carbocycles. The normalized spacial score (nSPS) is 10.6. The molecule has 0 unspecified atom stereocenters. The average molecular weight is 396 g/mol. The Bertz CT molecular complexity index is 874. The third-order valence-electron chi connectivity index (χ3n) is 4.44. The number of pyridine rings is 1. The Balaban J connectivity index is 1.56. The summed E-state index contributed by atoms with van der Waals surface area (Å²) in [7, 11) is 0. The molecular weight excluding hydrogens is 370 g/mol. The number of anilines is 1. The summed E-state index contributed by atoms with van der Waals surface area (Å²) < 4.78 is 5.44. The van der Waals surface area contributed by atoms with Crippen LogP contribution in [0.3, 0.4) is 0 Å². The van der Waals surface area contributed by atoms with Crippen LogP contribution >= 0.6 is 11.8 Å². The van der Waals surface area contributed by atoms with Crippen molar-refractivity contribution in [3.8, 4) is 0 Å². The number of carbonyl (C=O) groups is 1. The van der Waals surface area contributed by atoms with Crippen LogP contribution in [0.4, 0.5) is 5.82 Å². The number of rotatable bonds is 9. The van der Waals surface area contributed by atoms with E-state index < -0.39 is 0 Å². The van der Waals surface area contributed by atoms with Crippen LogP contribution in [-0.2, 0) is 12.3 Å². The largest absolute Gasteiger partial charge is 0.459 e. The van der Waals surface area contributed by atoms with Crippen LogP contribution in [0.2, 0.25) is 0 Å². The lowest BCUT2D eigenvalue weighted by Gasteiger charge is -2.19. The lowest BCUT2D eigenvalue weighted by molar-refractivity contribution is 0.0922. The van der Waals surface area contributed by atoms with Crippen LogP contribution < -0.4 is 10.2 Å². The molecule has 28 heavy (non-hydrogen) atoms. The van der Waals surface area contributed by atoms with Crippen LogP contribution in [0.5, 0.6) is 0 Å². The van der Waals surface area contributed by atoms with Gasteiger partial charge in [-0.3, -0.25) is 4.79 Å². The van der Waals surface area contributed by atoms with E-state index in [0.29, 0.717) is 18.1 Å². The van der Waals surface area contributed by atoms with Gasteiger partial charge in [0.25, 0.3) is 5.91 Å². The molecule has 1 amide bonds. The minimum atomic E-state index is -0.207. The van der Waals surface area contributed by atoms with Gasteiger partial charge in [-0.1, -0.05) is 24.3 Å². The third kappa shape index (κ3) is 5.16. The first-order valence-corrected chi connectivity index (χ1v) is 10.4. The molecule has 0 spiro atoms. The number of nitrogens with zero attached hydrogens (tertiary/aromatic N) is 2. The standard InChI is InChI=1S/C22H25N3O2S/c1-3-25(4-2)20-11-10-17(14-23-20)15-24-22(26)21-18(12-13-27-21)16-28-19-8-6-5-7-9-19/h5-14H,3-4,15-16H2,1-2H3,(H,24,26). The highest BCUT2D eigenvalue weighted by molar-refractivity contribution is 7.98. The Morgan fingerprint density at radius 3 is 2.57 bits per heavy atom. The number of carbonyl (C=O) groups excluding carboxylic acids is 1. The number of furan rings is 1. The quantitative estimate of drug-likeness (QED) is 0.530. The minimum Gasteiger partial charge on any atom is -0.459 e. The van der Waals surface area contributed by atoms with E-state index in [-0.39, 0.29) is 5.91 Å². The van der Waals surface area contributed by atoms with E-state index in [4.69, 9.17) is 4.42 Å². The van der Waals surface area contributed by atoms with E-state index in [2.05, 4.69) is 41.2 Å². The summed E-state index contributed by atoms with van der Waals surface area (Å²) >= 11 is 1.68. The van der Waals surface area contributed by atoms with Crippen molar-refractivity contribution in [3.05, 3.63) is 77.9 Å². The average Bonchev–Trinajstić information content (AvgIpc) is 3.22. The van der Waals surface area contributed by atoms with E-state index >= 15 is 0 Å². The maximum atomic E-state index is 12.5. The first-order chi connectivity index (χ1) is 13.7. The number of hydrogen-bond acceptors (Lipinski definition) is 5. The summed E-state index contributed by atoms with van der Waals surface area (Å²) in [5, 5.41) is 2.92. The Morgan fingerprint density at radius 1 is 1.11 bits per heavy atom. The minimum absolute atomic E-state index is 0.207. The number of thioether (sulfide) groups is 1. The van der Waals surface area contributed by atoms with Crippen LogP contribution in [-0.4, -0.2) is 24.0 Å². The number of benzene rings is 1. The SMILES string of the molecule is CCN(CC)c1ccc(CNC(=O)c2occc2CSc2ccccc2)cn1. The molecule has 6 heteroatoms. The molecule has 0 fully saturated rings. The Labute approximate surface area is 170 Å². The van der Waals surface area contributed by atoms with Gasteiger partial charge in [-0.25, -0.2) is 4.98 Å². The molecule has 0 radical (unpaired) electrons. The lowest BCUT2D eigenvalue weighted by atomic mass is 10.2. The zero-order valence-corrected chi connectivity index (χ0v) is 17.0. The molecule has 0 aliphatic rings. The molecule has 0 saturated heterocycles. The number of hydrogen-bond donors (Lipinski definition) is 1. The van der Waals surface area contributed by atoms with Crippen LogP contribution in [0.1, 0.15) is 35.5 Å². The molecule has 0 aliphatic heterocycles. The fourth-order valence-corrected chi connectivity index (χ4v) is 3.74. The Morgan fingerprint density at radius 2 is 1.89 bits per heavy atom. The number of amides is 1. The predicted molar refractivity (Wildman–Crippen MR) is 114 cm³/mol. The molecule has 2 heterocycles. The van der Waals surface area contributed by atoms with Gasteiger partial charge in [0.1, 0.15) is 5.82 Å². The van der Waals surface area contributed by atoms with E-state index in [9.17, 15) is 4.79 Å². The highest BCUT2D eigenvalue weighted by Crippen LogP contribution is 2.24. The van der Waals surface area contributed by atoms with Crippen molar-refractivity contribution in [1.29, 1.82) is 0 Å². The summed E-state index contributed by atoms with van der Waals surface area (Å²) in [6.07, 6.45) is 3.37. The topological polar surface area (TPSA) is 58.4 Å².